The van der Waals surface area contributed by atoms with E-state index in [0.29, 0.717) is 0 Å². The summed E-state index contributed by atoms with van der Waals surface area (Å²) in [7, 11) is 0. The molecule has 0 atom stereocenters. The summed E-state index contributed by atoms with van der Waals surface area (Å²) in [6.07, 6.45) is 2.41. The second-order valence-corrected chi connectivity index (χ2v) is 6.28. The van der Waals surface area contributed by atoms with Gasteiger partial charge in [0.25, 0.3) is 5.91 Å². The summed E-state index contributed by atoms with van der Waals surface area (Å²) in [5.41, 5.74) is 2.10. The summed E-state index contributed by atoms with van der Waals surface area (Å²) in [6.45, 7) is -0.434. The van der Waals surface area contributed by atoms with E-state index in [0.717, 1.165) is 17.2 Å². The van der Waals surface area contributed by atoms with E-state index in [1.165, 1.54) is 18.2 Å². The Bertz CT molecular complexity index is 948. The number of carbonyl (C=O) groups is 2. The Morgan fingerprint density at radius 1 is 0.862 bits per heavy atom. The third kappa shape index (κ3) is 5.87. The summed E-state index contributed by atoms with van der Waals surface area (Å²) in [4.78, 5) is 24.2. The van der Waals surface area contributed by atoms with E-state index in [4.69, 9.17) is 4.74 Å². The predicted molar refractivity (Wildman–Crippen MR) is 109 cm³/mol. The van der Waals surface area contributed by atoms with Crippen LogP contribution in [0.1, 0.15) is 22.7 Å². The lowest BCUT2D eigenvalue weighted by molar-refractivity contribution is -0.143. The summed E-state index contributed by atoms with van der Waals surface area (Å²) in [5, 5.41) is 2.89. The van der Waals surface area contributed by atoms with Crippen molar-refractivity contribution in [3.05, 3.63) is 114 Å². The van der Waals surface area contributed by atoms with Gasteiger partial charge in [0, 0.05) is 11.6 Å². The van der Waals surface area contributed by atoms with Crippen LogP contribution in [0.3, 0.4) is 0 Å². The number of ether oxygens (including phenoxy) is 1. The second-order valence-electron chi connectivity index (χ2n) is 6.28. The highest BCUT2D eigenvalue weighted by Crippen LogP contribution is 2.21. The average Bonchev–Trinajstić information content (AvgIpc) is 2.76. The van der Waals surface area contributed by atoms with Crippen LogP contribution in [0.25, 0.3) is 6.08 Å². The molecule has 0 aliphatic carbocycles. The molecule has 3 aromatic carbocycles. The molecule has 4 nitrogen and oxygen atoms in total. The van der Waals surface area contributed by atoms with E-state index >= 15 is 0 Å². The molecule has 0 spiro atoms. The van der Waals surface area contributed by atoms with Crippen molar-refractivity contribution in [1.82, 2.24) is 5.32 Å². The van der Waals surface area contributed by atoms with E-state index in [1.54, 1.807) is 12.1 Å². The highest BCUT2D eigenvalue weighted by atomic mass is 19.1. The third-order valence-electron chi connectivity index (χ3n) is 4.22. The lowest BCUT2D eigenvalue weighted by atomic mass is 9.99. The highest BCUT2D eigenvalue weighted by molar-refractivity contribution is 5.89. The molecule has 3 rings (SSSR count). The molecule has 0 bridgehead atoms. The minimum Gasteiger partial charge on any atom is -0.452 e. The zero-order chi connectivity index (χ0) is 20.5. The zero-order valence-electron chi connectivity index (χ0n) is 15.6. The molecule has 1 amide bonds. The van der Waals surface area contributed by atoms with Gasteiger partial charge in [0.05, 0.1) is 6.04 Å². The average molecular weight is 389 g/mol. The molecule has 0 heterocycles. The number of benzene rings is 3. The molecule has 29 heavy (non-hydrogen) atoms. The first kappa shape index (κ1) is 20.0. The van der Waals surface area contributed by atoms with Crippen LogP contribution in [0.5, 0.6) is 0 Å². The van der Waals surface area contributed by atoms with Crippen LogP contribution in [0, 0.1) is 5.82 Å². The molecule has 5 heteroatoms. The van der Waals surface area contributed by atoms with Crippen LogP contribution >= 0.6 is 0 Å². The van der Waals surface area contributed by atoms with Gasteiger partial charge in [-0.3, -0.25) is 4.79 Å². The lowest BCUT2D eigenvalue weighted by Crippen LogP contribution is -2.32. The molecule has 146 valence electrons. The molecule has 0 aliphatic heterocycles. The number of hydrogen-bond acceptors (Lipinski definition) is 3. The maximum Gasteiger partial charge on any atom is 0.331 e. The fraction of sp³-hybridized carbons (Fsp3) is 0.0833. The first-order valence-corrected chi connectivity index (χ1v) is 9.12. The molecular formula is C24H20FNO3. The van der Waals surface area contributed by atoms with Gasteiger partial charge in [0.2, 0.25) is 0 Å². The quantitative estimate of drug-likeness (QED) is 0.485. The molecular weight excluding hydrogens is 369 g/mol. The van der Waals surface area contributed by atoms with Crippen molar-refractivity contribution in [2.75, 3.05) is 6.61 Å². The normalized spacial score (nSPS) is 10.8. The lowest BCUT2D eigenvalue weighted by Gasteiger charge is -2.19. The molecule has 0 saturated heterocycles. The van der Waals surface area contributed by atoms with Crippen molar-refractivity contribution in [3.63, 3.8) is 0 Å². The molecule has 3 aromatic rings. The van der Waals surface area contributed by atoms with Crippen molar-refractivity contribution >= 4 is 18.0 Å². The number of amides is 1. The second kappa shape index (κ2) is 9.99. The van der Waals surface area contributed by atoms with Gasteiger partial charge in [-0.05, 0) is 23.3 Å². The van der Waals surface area contributed by atoms with E-state index in [2.05, 4.69) is 5.32 Å². The van der Waals surface area contributed by atoms with Gasteiger partial charge in [-0.2, -0.15) is 0 Å². The van der Waals surface area contributed by atoms with E-state index in [1.807, 2.05) is 60.7 Å². The molecule has 0 fully saturated rings. The van der Waals surface area contributed by atoms with Gasteiger partial charge in [-0.25, -0.2) is 9.18 Å². The first-order chi connectivity index (χ1) is 14.1. The number of carbonyl (C=O) groups excluding carboxylic acids is 2. The van der Waals surface area contributed by atoms with Gasteiger partial charge in [-0.15, -0.1) is 0 Å². The Hall–Kier alpha value is -3.73. The Balaban J connectivity index is 1.60. The van der Waals surface area contributed by atoms with E-state index in [9.17, 15) is 14.0 Å². The van der Waals surface area contributed by atoms with Crippen LogP contribution in [0.15, 0.2) is 91.0 Å². The van der Waals surface area contributed by atoms with Gasteiger partial charge < -0.3 is 10.1 Å². The van der Waals surface area contributed by atoms with Crippen molar-refractivity contribution in [2.45, 2.75) is 6.04 Å². The van der Waals surface area contributed by atoms with Crippen molar-refractivity contribution in [2.24, 2.45) is 0 Å². The monoisotopic (exact) mass is 389 g/mol. The molecule has 0 radical (unpaired) electrons. The summed E-state index contributed by atoms with van der Waals surface area (Å²) >= 11 is 0. The number of nitrogens with one attached hydrogen (secondary N) is 1. The minimum atomic E-state index is -0.723. The van der Waals surface area contributed by atoms with Crippen LogP contribution < -0.4 is 5.32 Å². The summed E-state index contributed by atoms with van der Waals surface area (Å²) < 4.78 is 18.5. The van der Waals surface area contributed by atoms with Crippen LogP contribution in [0.2, 0.25) is 0 Å². The van der Waals surface area contributed by atoms with Crippen LogP contribution in [0.4, 0.5) is 4.39 Å². The molecule has 0 unspecified atom stereocenters. The largest absolute Gasteiger partial charge is 0.452 e. The van der Waals surface area contributed by atoms with Crippen molar-refractivity contribution in [1.29, 1.82) is 0 Å². The Labute approximate surface area is 168 Å². The molecule has 0 aliphatic rings. The smallest absolute Gasteiger partial charge is 0.331 e. The zero-order valence-corrected chi connectivity index (χ0v) is 15.6. The number of hydrogen-bond donors (Lipinski definition) is 1. The molecule has 0 saturated carbocycles. The van der Waals surface area contributed by atoms with Crippen molar-refractivity contribution < 1.29 is 18.7 Å². The maximum atomic E-state index is 13.6. The van der Waals surface area contributed by atoms with Crippen molar-refractivity contribution in [3.8, 4) is 0 Å². The van der Waals surface area contributed by atoms with Crippen LogP contribution in [-0.2, 0) is 14.3 Å². The van der Waals surface area contributed by atoms with Gasteiger partial charge in [0.15, 0.2) is 6.61 Å². The summed E-state index contributed by atoms with van der Waals surface area (Å²) in [6, 6.07) is 24.7. The fourth-order valence-corrected chi connectivity index (χ4v) is 2.81. The Morgan fingerprint density at radius 2 is 1.41 bits per heavy atom. The van der Waals surface area contributed by atoms with E-state index in [-0.39, 0.29) is 11.6 Å². The standard InChI is InChI=1S/C24H20FNO3/c25-21-14-8-7-9-18(21)15-16-23(28)29-17-22(27)26-24(19-10-3-1-4-11-19)20-12-5-2-6-13-20/h1-16,24H,17H2,(H,26,27)/b16-15+. The molecule has 1 N–H and O–H groups in total. The summed E-state index contributed by atoms with van der Waals surface area (Å²) in [5.74, 6) is -1.60. The fourth-order valence-electron chi connectivity index (χ4n) is 2.81. The molecule has 0 aromatic heterocycles. The SMILES string of the molecule is O=C(COC(=O)/C=C/c1ccccc1F)NC(c1ccccc1)c1ccccc1. The topological polar surface area (TPSA) is 55.4 Å². The van der Waals surface area contributed by atoms with Gasteiger partial charge in [0.1, 0.15) is 5.82 Å². The predicted octanol–water partition coefficient (Wildman–Crippen LogP) is 4.29. The highest BCUT2D eigenvalue weighted by Gasteiger charge is 2.17. The number of rotatable bonds is 7. The van der Waals surface area contributed by atoms with Gasteiger partial charge >= 0.3 is 5.97 Å². The Kier molecular flexibility index (Phi) is 6.90. The minimum absolute atomic E-state index is 0.266. The maximum absolute atomic E-state index is 13.6. The third-order valence-corrected chi connectivity index (χ3v) is 4.22. The number of halogens is 1. The Morgan fingerprint density at radius 3 is 2.00 bits per heavy atom. The number of esters is 1. The van der Waals surface area contributed by atoms with E-state index < -0.39 is 24.3 Å². The van der Waals surface area contributed by atoms with Crippen LogP contribution in [-0.4, -0.2) is 18.5 Å². The van der Waals surface area contributed by atoms with Gasteiger partial charge in [-0.1, -0.05) is 78.9 Å². The first-order valence-electron chi connectivity index (χ1n) is 9.12.